The lowest BCUT2D eigenvalue weighted by atomic mass is 9.73. The largest absolute Gasteiger partial charge is 0.504 e. The number of piperazine rings is 1. The summed E-state index contributed by atoms with van der Waals surface area (Å²) < 4.78 is 60.9. The van der Waals surface area contributed by atoms with Crippen LogP contribution in [0.25, 0.3) is 0 Å². The minimum absolute atomic E-state index is 0.0226. The fraction of sp³-hybridized carbons (Fsp3) is 0.537. The normalized spacial score (nSPS) is 28.3. The van der Waals surface area contributed by atoms with E-state index >= 15 is 0 Å². The second kappa shape index (κ2) is 21.9. The van der Waals surface area contributed by atoms with Gasteiger partial charge < -0.3 is 63.4 Å². The summed E-state index contributed by atoms with van der Waals surface area (Å²) in [5, 5.41) is 59.8. The Morgan fingerprint density at radius 2 is 1.75 bits per heavy atom. The van der Waals surface area contributed by atoms with Gasteiger partial charge in [-0.2, -0.15) is 4.98 Å². The van der Waals surface area contributed by atoms with Crippen molar-refractivity contribution in [2.75, 3.05) is 58.9 Å². The number of unbranched alkanes of at least 4 members (excludes halogenated alkanes) is 2. The molecule has 23 nitrogen and oxygen atoms in total. The quantitative estimate of drug-likeness (QED) is 0.0703. The number of aryl methyl sites for hydroxylation is 1. The molecular weight excluding hydrogens is 1060 g/mol. The maximum Gasteiger partial charge on any atom is 0.412 e. The van der Waals surface area contributed by atoms with Crippen LogP contribution in [0, 0.1) is 19.7 Å². The zero-order valence-corrected chi connectivity index (χ0v) is 45.7. The predicted octanol–water partition coefficient (Wildman–Crippen LogP) is 4.17. The van der Waals surface area contributed by atoms with Gasteiger partial charge in [-0.1, -0.05) is 25.8 Å². The van der Waals surface area contributed by atoms with Crippen molar-refractivity contribution >= 4 is 35.6 Å². The number of aromatic hydroxyl groups is 2. The van der Waals surface area contributed by atoms with Crippen LogP contribution in [-0.2, 0) is 42.2 Å². The van der Waals surface area contributed by atoms with Crippen LogP contribution in [-0.4, -0.2) is 153 Å². The standard InChI is InChI=1S/C39H43N3O11S.C15H22FN3O6/c1-16-9-20-10-22-37(46)42-23-13-50-38(47)39(21-12-25(48-5)24(44)11-19(21)7-8-40-39)14-54-36(30(42)29(41(22)4)26(20)31(45)32(16)49-6)28-27(23)35-34(51-15-52-35)17(2)33(28)53-18(3)43;1-3-4-5-6-24-15(23)18-12-9(16)7-19(14(22)17-12)13-11(21)10(20)8(2)25-13/h9,11-12,22-23,29-30,36-37,40,44-46H,7-8,10,13-15H2,1-6H3;7-8,10-11,13,20-21H,3-6H2,1-2H3,(H,17,18,22,23)/t22-,23-,29+,30+,36+,37-,39+;8-,10-,11-,13-/m01/s1. The van der Waals surface area contributed by atoms with E-state index in [1.54, 1.807) is 12.1 Å². The van der Waals surface area contributed by atoms with Gasteiger partial charge in [-0.05, 0) is 81.5 Å². The molecule has 9 heterocycles. The minimum atomic E-state index is -1.41. The van der Waals surface area contributed by atoms with Crippen molar-refractivity contribution in [1.29, 1.82) is 0 Å². The topological polar surface area (TPSA) is 292 Å². The highest BCUT2D eigenvalue weighted by Gasteiger charge is 2.61. The van der Waals surface area contributed by atoms with Gasteiger partial charge in [-0.25, -0.2) is 18.8 Å². The molecule has 4 aromatic rings. The molecule has 1 amide bonds. The molecule has 3 fully saturated rings. The number of phenols is 2. The Balaban J connectivity index is 0.000000237. The smallest absolute Gasteiger partial charge is 0.412 e. The van der Waals surface area contributed by atoms with Crippen molar-refractivity contribution < 1.29 is 82.2 Å². The van der Waals surface area contributed by atoms with Gasteiger partial charge in [0.2, 0.25) is 6.79 Å². The number of aliphatic hydroxyl groups is 3. The Hall–Kier alpha value is -6.45. The number of fused-ring (bicyclic) bond motifs is 9. The summed E-state index contributed by atoms with van der Waals surface area (Å²) >= 11 is 1.47. The van der Waals surface area contributed by atoms with Gasteiger partial charge in [0.05, 0.1) is 56.5 Å². The monoisotopic (exact) mass is 1120 g/mol. The lowest BCUT2D eigenvalue weighted by Crippen LogP contribution is -2.70. The Bertz CT molecular complexity index is 3150. The van der Waals surface area contributed by atoms with E-state index in [1.165, 1.54) is 39.8 Å². The number of esters is 2. The third kappa shape index (κ3) is 9.43. The lowest BCUT2D eigenvalue weighted by molar-refractivity contribution is -0.186. The van der Waals surface area contributed by atoms with Crippen LogP contribution >= 0.6 is 11.8 Å². The number of carbonyl (C=O) groups excluding carboxylic acids is 3. The van der Waals surface area contributed by atoms with E-state index in [2.05, 4.69) is 20.5 Å². The van der Waals surface area contributed by atoms with Crippen molar-refractivity contribution in [2.24, 2.45) is 0 Å². The molecule has 8 aliphatic rings. The third-order valence-corrected chi connectivity index (χ3v) is 17.6. The number of anilines is 1. The second-order valence-corrected chi connectivity index (χ2v) is 21.9. The summed E-state index contributed by atoms with van der Waals surface area (Å²) in [6.45, 7) is 8.94. The number of amides is 1. The van der Waals surface area contributed by atoms with Gasteiger partial charge in [0.1, 0.15) is 30.8 Å². The van der Waals surface area contributed by atoms with Gasteiger partial charge in [-0.15, -0.1) is 11.8 Å². The molecular formula is C54H65FN6O17S. The van der Waals surface area contributed by atoms with E-state index in [0.29, 0.717) is 76.6 Å². The van der Waals surface area contributed by atoms with Crippen LogP contribution in [0.2, 0.25) is 0 Å². The van der Waals surface area contributed by atoms with Crippen molar-refractivity contribution in [3.05, 3.63) is 85.2 Å². The maximum absolute atomic E-state index is 14.7. The molecule has 12 rings (SSSR count). The number of nitrogens with zero attached hydrogens (tertiary/aromatic N) is 4. The number of nitrogens with one attached hydrogen (secondary N) is 2. The number of thioether (sulfide) groups is 1. The van der Waals surface area contributed by atoms with Gasteiger partial charge in [-0.3, -0.25) is 29.8 Å². The summed E-state index contributed by atoms with van der Waals surface area (Å²) in [5.74, 6) is -0.636. The number of ether oxygens (including phenoxy) is 8. The third-order valence-electron chi connectivity index (χ3n) is 16.1. The number of halogens is 1. The van der Waals surface area contributed by atoms with Gasteiger partial charge in [0, 0.05) is 47.5 Å². The number of methoxy groups -OCH3 is 2. The molecule has 426 valence electrons. The lowest BCUT2D eigenvalue weighted by Gasteiger charge is -2.62. The van der Waals surface area contributed by atoms with Gasteiger partial charge in [0.25, 0.3) is 0 Å². The maximum atomic E-state index is 14.7. The molecule has 0 aliphatic carbocycles. The van der Waals surface area contributed by atoms with Crippen molar-refractivity contribution in [3.63, 3.8) is 0 Å². The average molecular weight is 1120 g/mol. The van der Waals surface area contributed by atoms with Crippen LogP contribution in [0.1, 0.15) is 108 Å². The molecule has 0 radical (unpaired) electrons. The van der Waals surface area contributed by atoms with Crippen LogP contribution in [0.3, 0.4) is 0 Å². The number of likely N-dealkylation sites (N-methyl/N-ethyl adjacent to an activating group) is 1. The summed E-state index contributed by atoms with van der Waals surface area (Å²) in [4.78, 5) is 58.8. The number of phenolic OH excluding ortho intramolecular Hbond substituents is 2. The zero-order chi connectivity index (χ0) is 56.5. The first-order chi connectivity index (χ1) is 37.8. The predicted molar refractivity (Wildman–Crippen MR) is 279 cm³/mol. The molecule has 1 aromatic heterocycles. The van der Waals surface area contributed by atoms with Crippen LogP contribution in [0.4, 0.5) is 15.0 Å². The first kappa shape index (κ1) is 55.8. The molecule has 0 unspecified atom stereocenters. The highest BCUT2D eigenvalue weighted by atomic mass is 32.2. The molecule has 3 aromatic carbocycles. The summed E-state index contributed by atoms with van der Waals surface area (Å²) in [6, 6.07) is 3.13. The molecule has 1 spiro atoms. The molecule has 11 atom stereocenters. The number of benzene rings is 3. The zero-order valence-electron chi connectivity index (χ0n) is 44.9. The van der Waals surface area contributed by atoms with E-state index in [9.17, 15) is 49.1 Å². The Kier molecular flexibility index (Phi) is 15.5. The molecule has 0 saturated carbocycles. The van der Waals surface area contributed by atoms with Gasteiger partial charge in [0.15, 0.2) is 57.9 Å². The van der Waals surface area contributed by atoms with Crippen molar-refractivity contribution in [2.45, 2.75) is 132 Å². The Labute approximate surface area is 457 Å². The Morgan fingerprint density at radius 1 is 0.987 bits per heavy atom. The second-order valence-electron chi connectivity index (χ2n) is 20.7. The Morgan fingerprint density at radius 3 is 2.44 bits per heavy atom. The summed E-state index contributed by atoms with van der Waals surface area (Å²) in [6.07, 6.45) is -2.28. The first-order valence-electron chi connectivity index (χ1n) is 26.2. The van der Waals surface area contributed by atoms with Crippen LogP contribution < -0.4 is 40.0 Å². The minimum Gasteiger partial charge on any atom is -0.504 e. The van der Waals surface area contributed by atoms with Gasteiger partial charge >= 0.3 is 23.7 Å². The molecule has 25 heteroatoms. The fourth-order valence-corrected chi connectivity index (χ4v) is 14.1. The van der Waals surface area contributed by atoms with Crippen molar-refractivity contribution in [3.8, 4) is 40.2 Å². The fourth-order valence-electron chi connectivity index (χ4n) is 12.4. The van der Waals surface area contributed by atoms with E-state index in [-0.39, 0.29) is 49.0 Å². The summed E-state index contributed by atoms with van der Waals surface area (Å²) in [5.41, 5.74) is 3.41. The average Bonchev–Trinajstić information content (AvgIpc) is 3.13. The van der Waals surface area contributed by atoms with E-state index in [4.69, 9.17) is 37.9 Å². The molecule has 79 heavy (non-hydrogen) atoms. The number of aromatic nitrogens is 2. The van der Waals surface area contributed by atoms with Crippen LogP contribution in [0.15, 0.2) is 29.2 Å². The first-order valence-corrected chi connectivity index (χ1v) is 27.2. The number of aliphatic hydroxyl groups excluding tert-OH is 3. The van der Waals surface area contributed by atoms with E-state index < -0.39 is 95.0 Å². The highest BCUT2D eigenvalue weighted by Crippen LogP contribution is 2.64. The van der Waals surface area contributed by atoms with E-state index in [0.717, 1.165) is 40.3 Å². The summed E-state index contributed by atoms with van der Waals surface area (Å²) in [7, 11) is 4.96. The molecule has 7 N–H and O–H groups in total. The number of carbonyl (C=O) groups is 3. The number of rotatable bonds is 9. The number of hydrogen-bond donors (Lipinski definition) is 7. The SMILES string of the molecule is CCCCCOC(=O)Nc1nc(=O)n([C@@H]2O[C@H](C)[C@@H](O)[C@H]2O)cc1F.COc1cc2c(cc1O)CCN[C@]21CS[C@@H]2c3c(OC(C)=O)c(C)c4c(c3[C@H](COC1=O)N1[C@@H]2[C@H]2c3c(cc(C)c(OC)c3O)C[C@@H]([C@@H]1O)N2C)OCO4. The highest BCUT2D eigenvalue weighted by molar-refractivity contribution is 7.99. The van der Waals surface area contributed by atoms with E-state index in [1.807, 2.05) is 38.8 Å². The molecule has 4 bridgehead atoms. The van der Waals surface area contributed by atoms with Crippen LogP contribution in [0.5, 0.6) is 40.2 Å². The molecule has 8 aliphatic heterocycles. The molecule has 3 saturated heterocycles. The van der Waals surface area contributed by atoms with Crippen molar-refractivity contribution in [1.82, 2.24) is 24.7 Å². The number of hydrogen-bond acceptors (Lipinski definition) is 22.